The molecule has 0 unspecified atom stereocenters. The van der Waals surface area contributed by atoms with Crippen molar-refractivity contribution in [3.8, 4) is 0 Å². The van der Waals surface area contributed by atoms with Gasteiger partial charge in [-0.25, -0.2) is 8.42 Å². The predicted octanol–water partition coefficient (Wildman–Crippen LogP) is 3.26. The van der Waals surface area contributed by atoms with E-state index in [4.69, 9.17) is 5.73 Å². The molecule has 0 spiro atoms. The third-order valence-electron chi connectivity index (χ3n) is 3.39. The lowest BCUT2D eigenvalue weighted by Gasteiger charge is -2.34. The summed E-state index contributed by atoms with van der Waals surface area (Å²) in [4.78, 5) is 0.257. The van der Waals surface area contributed by atoms with Gasteiger partial charge < -0.3 is 5.73 Å². The highest BCUT2D eigenvalue weighted by atomic mass is 32.2. The number of hydrogen-bond donors (Lipinski definition) is 1. The Morgan fingerprint density at radius 2 is 1.50 bits per heavy atom. The Hall–Kier alpha value is -1.85. The van der Waals surface area contributed by atoms with Crippen molar-refractivity contribution < 1.29 is 8.42 Å². The maximum absolute atomic E-state index is 13.0. The van der Waals surface area contributed by atoms with Crippen LogP contribution in [0.1, 0.15) is 26.3 Å². The quantitative estimate of drug-likeness (QED) is 0.880. The molecule has 0 heterocycles. The van der Waals surface area contributed by atoms with Crippen molar-refractivity contribution in [2.75, 3.05) is 5.73 Å². The minimum atomic E-state index is -3.60. The standard InChI is InChI=1S/C17H22N2O2S/c1-17(2,3)19(13-14-7-5-4-6-8-14)22(20,21)16-11-9-15(18)10-12-16/h4-12H,13,18H2,1-3H3. The number of rotatable bonds is 4. The average Bonchev–Trinajstić information content (AvgIpc) is 2.45. The summed E-state index contributed by atoms with van der Waals surface area (Å²) in [6.07, 6.45) is 0. The fourth-order valence-corrected chi connectivity index (χ4v) is 3.97. The Kier molecular flexibility index (Phi) is 4.58. The molecule has 5 heteroatoms. The summed E-state index contributed by atoms with van der Waals surface area (Å²) in [6.45, 7) is 6.01. The maximum Gasteiger partial charge on any atom is 0.243 e. The first-order valence-corrected chi connectivity index (χ1v) is 8.57. The highest BCUT2D eigenvalue weighted by Gasteiger charge is 2.33. The number of nitrogens with two attached hydrogens (primary N) is 1. The molecule has 2 aromatic rings. The molecule has 0 amide bonds. The van der Waals surface area contributed by atoms with E-state index in [9.17, 15) is 8.42 Å². The van der Waals surface area contributed by atoms with Crippen molar-refractivity contribution in [3.05, 3.63) is 60.2 Å². The van der Waals surface area contributed by atoms with Gasteiger partial charge in [0.2, 0.25) is 10.0 Å². The number of anilines is 1. The number of hydrogen-bond acceptors (Lipinski definition) is 3. The fourth-order valence-electron chi connectivity index (χ4n) is 2.20. The SMILES string of the molecule is CC(C)(C)N(Cc1ccccc1)S(=O)(=O)c1ccc(N)cc1. The molecule has 0 aliphatic carbocycles. The van der Waals surface area contributed by atoms with Gasteiger partial charge in [-0.05, 0) is 50.6 Å². The zero-order valence-corrected chi connectivity index (χ0v) is 14.0. The summed E-state index contributed by atoms with van der Waals surface area (Å²) < 4.78 is 27.5. The van der Waals surface area contributed by atoms with E-state index in [2.05, 4.69) is 0 Å². The molecule has 0 fully saturated rings. The van der Waals surface area contributed by atoms with Gasteiger partial charge in [-0.3, -0.25) is 0 Å². The molecule has 0 aliphatic heterocycles. The van der Waals surface area contributed by atoms with Crippen molar-refractivity contribution in [2.45, 2.75) is 37.8 Å². The molecule has 0 radical (unpaired) electrons. The Balaban J connectivity index is 2.43. The Morgan fingerprint density at radius 3 is 2.00 bits per heavy atom. The van der Waals surface area contributed by atoms with E-state index in [1.54, 1.807) is 24.3 Å². The second kappa shape index (κ2) is 6.10. The highest BCUT2D eigenvalue weighted by Crippen LogP contribution is 2.27. The van der Waals surface area contributed by atoms with Crippen LogP contribution in [-0.4, -0.2) is 18.3 Å². The first-order valence-electron chi connectivity index (χ1n) is 7.13. The highest BCUT2D eigenvalue weighted by molar-refractivity contribution is 7.89. The zero-order chi connectivity index (χ0) is 16.4. The Labute approximate surface area is 132 Å². The first-order chi connectivity index (χ1) is 10.2. The fraction of sp³-hybridized carbons (Fsp3) is 0.294. The van der Waals surface area contributed by atoms with Crippen LogP contribution in [0.2, 0.25) is 0 Å². The third-order valence-corrected chi connectivity index (χ3v) is 5.51. The van der Waals surface area contributed by atoms with Gasteiger partial charge in [0.25, 0.3) is 0 Å². The molecule has 4 nitrogen and oxygen atoms in total. The number of sulfonamides is 1. The second-order valence-corrected chi connectivity index (χ2v) is 8.10. The van der Waals surface area contributed by atoms with Gasteiger partial charge in [-0.2, -0.15) is 4.31 Å². The molecule has 0 saturated heterocycles. The van der Waals surface area contributed by atoms with Gasteiger partial charge >= 0.3 is 0 Å². The van der Waals surface area contributed by atoms with E-state index in [-0.39, 0.29) is 4.90 Å². The predicted molar refractivity (Wildman–Crippen MR) is 89.8 cm³/mol. The van der Waals surface area contributed by atoms with Crippen LogP contribution >= 0.6 is 0 Å². The minimum Gasteiger partial charge on any atom is -0.399 e. The molecule has 0 saturated carbocycles. The minimum absolute atomic E-state index is 0.257. The molecular weight excluding hydrogens is 296 g/mol. The Morgan fingerprint density at radius 1 is 0.955 bits per heavy atom. The summed E-state index contributed by atoms with van der Waals surface area (Å²) in [7, 11) is -3.60. The van der Waals surface area contributed by atoms with Crippen molar-refractivity contribution in [3.63, 3.8) is 0 Å². The lowest BCUT2D eigenvalue weighted by molar-refractivity contribution is 0.242. The van der Waals surface area contributed by atoms with Gasteiger partial charge in [0.05, 0.1) is 4.90 Å². The molecule has 2 aromatic carbocycles. The van der Waals surface area contributed by atoms with Crippen LogP contribution in [-0.2, 0) is 16.6 Å². The molecule has 0 atom stereocenters. The largest absolute Gasteiger partial charge is 0.399 e. The number of nitrogens with zero attached hydrogens (tertiary/aromatic N) is 1. The summed E-state index contributed by atoms with van der Waals surface area (Å²) in [5.74, 6) is 0. The number of benzene rings is 2. The molecule has 0 bridgehead atoms. The summed E-state index contributed by atoms with van der Waals surface area (Å²) >= 11 is 0. The normalized spacial score (nSPS) is 12.5. The molecule has 0 aromatic heterocycles. The molecule has 0 aliphatic rings. The second-order valence-electron chi connectivity index (χ2n) is 6.24. The summed E-state index contributed by atoms with van der Waals surface area (Å²) in [6, 6.07) is 15.9. The molecule has 2 rings (SSSR count). The lowest BCUT2D eigenvalue weighted by atomic mass is 10.1. The van der Waals surface area contributed by atoms with E-state index in [0.717, 1.165) is 5.56 Å². The lowest BCUT2D eigenvalue weighted by Crippen LogP contribution is -2.44. The summed E-state index contributed by atoms with van der Waals surface area (Å²) in [5.41, 5.74) is 6.62. The molecular formula is C17H22N2O2S. The summed E-state index contributed by atoms with van der Waals surface area (Å²) in [5, 5.41) is 0. The number of nitrogen functional groups attached to an aromatic ring is 1. The van der Waals surface area contributed by atoms with E-state index in [0.29, 0.717) is 12.2 Å². The van der Waals surface area contributed by atoms with Crippen LogP contribution in [0, 0.1) is 0 Å². The van der Waals surface area contributed by atoms with E-state index < -0.39 is 15.6 Å². The van der Waals surface area contributed by atoms with Crippen LogP contribution in [0.5, 0.6) is 0 Å². The van der Waals surface area contributed by atoms with Gasteiger partial charge in [-0.1, -0.05) is 30.3 Å². The van der Waals surface area contributed by atoms with Crippen LogP contribution in [0.3, 0.4) is 0 Å². The van der Waals surface area contributed by atoms with Crippen molar-refractivity contribution >= 4 is 15.7 Å². The van der Waals surface area contributed by atoms with Crippen molar-refractivity contribution in [1.82, 2.24) is 4.31 Å². The van der Waals surface area contributed by atoms with Gasteiger partial charge in [0.15, 0.2) is 0 Å². The van der Waals surface area contributed by atoms with Crippen molar-refractivity contribution in [1.29, 1.82) is 0 Å². The van der Waals surface area contributed by atoms with Crippen LogP contribution in [0.4, 0.5) is 5.69 Å². The van der Waals surface area contributed by atoms with Crippen LogP contribution < -0.4 is 5.73 Å². The molecule has 118 valence electrons. The van der Waals surface area contributed by atoms with Crippen LogP contribution in [0.25, 0.3) is 0 Å². The molecule has 2 N–H and O–H groups in total. The van der Waals surface area contributed by atoms with E-state index >= 15 is 0 Å². The Bertz CT molecular complexity index is 718. The smallest absolute Gasteiger partial charge is 0.243 e. The monoisotopic (exact) mass is 318 g/mol. The third kappa shape index (κ3) is 3.67. The topological polar surface area (TPSA) is 63.4 Å². The van der Waals surface area contributed by atoms with E-state index in [1.165, 1.54) is 4.31 Å². The van der Waals surface area contributed by atoms with E-state index in [1.807, 2.05) is 51.1 Å². The zero-order valence-electron chi connectivity index (χ0n) is 13.2. The van der Waals surface area contributed by atoms with Crippen LogP contribution in [0.15, 0.2) is 59.5 Å². The van der Waals surface area contributed by atoms with Gasteiger partial charge in [-0.15, -0.1) is 0 Å². The van der Waals surface area contributed by atoms with Crippen molar-refractivity contribution in [2.24, 2.45) is 0 Å². The maximum atomic E-state index is 13.0. The average molecular weight is 318 g/mol. The first kappa shape index (κ1) is 16.5. The van der Waals surface area contributed by atoms with Gasteiger partial charge in [0.1, 0.15) is 0 Å². The molecule has 22 heavy (non-hydrogen) atoms. The van der Waals surface area contributed by atoms with Gasteiger partial charge in [0, 0.05) is 17.8 Å².